The molecule has 0 radical (unpaired) electrons. The number of alkyl halides is 1. The van der Waals surface area contributed by atoms with Crippen molar-refractivity contribution in [2.75, 3.05) is 33.4 Å². The first-order chi connectivity index (χ1) is 6.70. The Morgan fingerprint density at radius 3 is 2.14 bits per heavy atom. The van der Waals surface area contributed by atoms with Crippen molar-refractivity contribution in [3.05, 3.63) is 0 Å². The molecule has 1 aliphatic heterocycles. The van der Waals surface area contributed by atoms with Crippen molar-refractivity contribution in [1.29, 1.82) is 0 Å². The summed E-state index contributed by atoms with van der Waals surface area (Å²) in [6.45, 7) is 9.14. The summed E-state index contributed by atoms with van der Waals surface area (Å²) >= 11 is 0. The molecule has 0 aliphatic carbocycles. The van der Waals surface area contributed by atoms with Gasteiger partial charge in [0.25, 0.3) is 0 Å². The highest BCUT2D eigenvalue weighted by molar-refractivity contribution is 4.85. The van der Waals surface area contributed by atoms with Gasteiger partial charge in [-0.1, -0.05) is 20.8 Å². The maximum absolute atomic E-state index is 13.7. The zero-order valence-electron chi connectivity index (χ0n) is 9.98. The van der Waals surface area contributed by atoms with E-state index >= 15 is 0 Å². The van der Waals surface area contributed by atoms with Gasteiger partial charge in [-0.05, 0) is 19.4 Å². The van der Waals surface area contributed by atoms with Crippen LogP contribution in [0.4, 0.5) is 4.39 Å². The number of ether oxygens (including phenoxy) is 1. The molecular weight excluding hydrogens is 181 g/mol. The number of methoxy groups -OCH3 is 1. The van der Waals surface area contributed by atoms with Crippen LogP contribution >= 0.6 is 0 Å². The van der Waals surface area contributed by atoms with Gasteiger partial charge in [-0.25, -0.2) is 4.39 Å². The molecule has 0 aromatic heterocycles. The summed E-state index contributed by atoms with van der Waals surface area (Å²) in [7, 11) is 1.56. The number of piperidine rings is 1. The third kappa shape index (κ3) is 4.38. The molecule has 0 saturated carbocycles. The van der Waals surface area contributed by atoms with Gasteiger partial charge in [0.15, 0.2) is 0 Å². The van der Waals surface area contributed by atoms with Gasteiger partial charge in [-0.2, -0.15) is 0 Å². The molecule has 0 unspecified atom stereocenters. The molecule has 3 heteroatoms. The van der Waals surface area contributed by atoms with Crippen molar-refractivity contribution in [3.8, 4) is 0 Å². The molecule has 1 rings (SSSR count). The minimum absolute atomic E-state index is 0.255. The van der Waals surface area contributed by atoms with Gasteiger partial charge in [0, 0.05) is 20.2 Å². The molecule has 2 nitrogen and oxygen atoms in total. The monoisotopic (exact) mass is 205 g/mol. The number of halogens is 1. The molecule has 0 amide bonds. The fraction of sp³-hybridized carbons (Fsp3) is 1.00. The molecule has 0 spiro atoms. The molecular formula is C11H24FNO. The van der Waals surface area contributed by atoms with Gasteiger partial charge in [0.05, 0.1) is 6.61 Å². The largest absolute Gasteiger partial charge is 0.381 e. The second-order valence-electron chi connectivity index (χ2n) is 3.52. The molecule has 0 N–H and O–H groups in total. The maximum Gasteiger partial charge on any atom is 0.136 e. The van der Waals surface area contributed by atoms with Crippen LogP contribution in [0.1, 0.15) is 33.6 Å². The number of nitrogens with zero attached hydrogens (tertiary/aromatic N) is 1. The first kappa shape index (κ1) is 13.8. The van der Waals surface area contributed by atoms with Crippen LogP contribution < -0.4 is 0 Å². The van der Waals surface area contributed by atoms with E-state index in [1.807, 2.05) is 13.8 Å². The first-order valence-corrected chi connectivity index (χ1v) is 5.60. The Kier molecular flexibility index (Phi) is 7.11. The minimum atomic E-state index is -1.06. The highest BCUT2D eigenvalue weighted by atomic mass is 19.1. The Morgan fingerprint density at radius 2 is 1.79 bits per heavy atom. The molecule has 0 aromatic carbocycles. The van der Waals surface area contributed by atoms with Crippen LogP contribution in [0.5, 0.6) is 0 Å². The molecule has 1 aliphatic rings. The molecule has 1 fully saturated rings. The predicted molar refractivity (Wildman–Crippen MR) is 58.4 cm³/mol. The predicted octanol–water partition coefficient (Wildman–Crippen LogP) is 2.48. The lowest BCUT2D eigenvalue weighted by molar-refractivity contribution is -0.00741. The summed E-state index contributed by atoms with van der Waals surface area (Å²) in [6, 6.07) is 0. The maximum atomic E-state index is 13.7. The SMILES string of the molecule is CC.CCN1CCC(F)(COC)CC1. The van der Waals surface area contributed by atoms with Crippen LogP contribution in [0.2, 0.25) is 0 Å². The lowest BCUT2D eigenvalue weighted by Crippen LogP contribution is -2.43. The molecule has 0 aromatic rings. The zero-order chi connectivity index (χ0) is 11.0. The van der Waals surface area contributed by atoms with E-state index in [-0.39, 0.29) is 6.61 Å². The van der Waals surface area contributed by atoms with Gasteiger partial charge in [0.2, 0.25) is 0 Å². The van der Waals surface area contributed by atoms with E-state index in [0.717, 1.165) is 19.6 Å². The standard InChI is InChI=1S/C9H18FNO.C2H6/c1-3-11-6-4-9(10,5-7-11)8-12-2;1-2/h3-8H2,1-2H3;1-2H3. The summed E-state index contributed by atoms with van der Waals surface area (Å²) in [5.41, 5.74) is -1.06. The van der Waals surface area contributed by atoms with Crippen LogP contribution in [-0.4, -0.2) is 43.9 Å². The summed E-state index contributed by atoms with van der Waals surface area (Å²) < 4.78 is 18.6. The van der Waals surface area contributed by atoms with Crippen LogP contribution in [0.3, 0.4) is 0 Å². The van der Waals surface area contributed by atoms with E-state index in [1.165, 1.54) is 0 Å². The van der Waals surface area contributed by atoms with Crippen molar-refractivity contribution in [1.82, 2.24) is 4.90 Å². The summed E-state index contributed by atoms with van der Waals surface area (Å²) in [6.07, 6.45) is 1.24. The molecule has 1 saturated heterocycles. The average Bonchev–Trinajstić information content (AvgIpc) is 2.22. The molecule has 14 heavy (non-hydrogen) atoms. The number of hydrogen-bond acceptors (Lipinski definition) is 2. The van der Waals surface area contributed by atoms with E-state index in [9.17, 15) is 4.39 Å². The topological polar surface area (TPSA) is 12.5 Å². The average molecular weight is 205 g/mol. The lowest BCUT2D eigenvalue weighted by Gasteiger charge is -2.35. The van der Waals surface area contributed by atoms with Crippen molar-refractivity contribution in [3.63, 3.8) is 0 Å². The van der Waals surface area contributed by atoms with Gasteiger partial charge >= 0.3 is 0 Å². The molecule has 0 bridgehead atoms. The number of likely N-dealkylation sites (tertiary alicyclic amines) is 1. The molecule has 1 heterocycles. The quantitative estimate of drug-likeness (QED) is 0.702. The van der Waals surface area contributed by atoms with E-state index in [0.29, 0.717) is 12.8 Å². The second kappa shape index (κ2) is 7.18. The Balaban J connectivity index is 0.000000791. The van der Waals surface area contributed by atoms with E-state index in [2.05, 4.69) is 11.8 Å². The number of hydrogen-bond donors (Lipinski definition) is 0. The molecule has 0 atom stereocenters. The van der Waals surface area contributed by atoms with E-state index < -0.39 is 5.67 Å². The third-order valence-electron chi connectivity index (χ3n) is 2.60. The van der Waals surface area contributed by atoms with Crippen LogP contribution in [0, 0.1) is 0 Å². The van der Waals surface area contributed by atoms with Crippen LogP contribution in [-0.2, 0) is 4.74 Å². The minimum Gasteiger partial charge on any atom is -0.381 e. The normalized spacial score (nSPS) is 21.2. The second-order valence-corrected chi connectivity index (χ2v) is 3.52. The summed E-state index contributed by atoms with van der Waals surface area (Å²) in [5, 5.41) is 0. The van der Waals surface area contributed by atoms with Crippen molar-refractivity contribution in [2.24, 2.45) is 0 Å². The third-order valence-corrected chi connectivity index (χ3v) is 2.60. The Labute approximate surface area is 87.4 Å². The van der Waals surface area contributed by atoms with Crippen LogP contribution in [0.15, 0.2) is 0 Å². The highest BCUT2D eigenvalue weighted by Gasteiger charge is 2.33. The van der Waals surface area contributed by atoms with Crippen LogP contribution in [0.25, 0.3) is 0 Å². The molecule has 86 valence electrons. The zero-order valence-corrected chi connectivity index (χ0v) is 9.98. The van der Waals surface area contributed by atoms with Gasteiger partial charge < -0.3 is 9.64 Å². The summed E-state index contributed by atoms with van der Waals surface area (Å²) in [4.78, 5) is 2.27. The fourth-order valence-electron chi connectivity index (χ4n) is 1.67. The Hall–Kier alpha value is -0.150. The number of rotatable bonds is 3. The summed E-state index contributed by atoms with van der Waals surface area (Å²) in [5.74, 6) is 0. The van der Waals surface area contributed by atoms with Crippen molar-refractivity contribution in [2.45, 2.75) is 39.3 Å². The Morgan fingerprint density at radius 1 is 1.29 bits per heavy atom. The van der Waals surface area contributed by atoms with E-state index in [4.69, 9.17) is 4.74 Å². The van der Waals surface area contributed by atoms with Gasteiger partial charge in [-0.3, -0.25) is 0 Å². The Bertz CT molecular complexity index is 133. The first-order valence-electron chi connectivity index (χ1n) is 5.60. The van der Waals surface area contributed by atoms with Crippen molar-refractivity contribution >= 4 is 0 Å². The highest BCUT2D eigenvalue weighted by Crippen LogP contribution is 2.26. The van der Waals surface area contributed by atoms with Crippen molar-refractivity contribution < 1.29 is 9.13 Å². The van der Waals surface area contributed by atoms with Gasteiger partial charge in [-0.15, -0.1) is 0 Å². The van der Waals surface area contributed by atoms with Gasteiger partial charge in [0.1, 0.15) is 5.67 Å². The fourth-order valence-corrected chi connectivity index (χ4v) is 1.67. The lowest BCUT2D eigenvalue weighted by atomic mass is 9.94. The smallest absolute Gasteiger partial charge is 0.136 e. The van der Waals surface area contributed by atoms with E-state index in [1.54, 1.807) is 7.11 Å².